The summed E-state index contributed by atoms with van der Waals surface area (Å²) >= 11 is 0. The minimum Gasteiger partial charge on any atom is -0.492 e. The SMILES string of the molecule is Cc1cc(N2N=C3c4ccc(C(=O)O)cc4OC[C@H]3[C@@H]2C2CCCC2)ccc1C#N. The average molecular weight is 401 g/mol. The van der Waals surface area contributed by atoms with E-state index in [9.17, 15) is 15.2 Å². The van der Waals surface area contributed by atoms with Gasteiger partial charge in [-0.2, -0.15) is 10.4 Å². The topological polar surface area (TPSA) is 85.9 Å². The Labute approximate surface area is 175 Å². The number of hydrazone groups is 1. The summed E-state index contributed by atoms with van der Waals surface area (Å²) in [5.41, 5.74) is 4.69. The third kappa shape index (κ3) is 2.93. The van der Waals surface area contributed by atoms with Crippen LogP contribution in [-0.2, 0) is 0 Å². The van der Waals surface area contributed by atoms with Crippen LogP contribution >= 0.6 is 0 Å². The predicted molar refractivity (Wildman–Crippen MR) is 113 cm³/mol. The van der Waals surface area contributed by atoms with Crippen molar-refractivity contribution in [2.45, 2.75) is 38.6 Å². The van der Waals surface area contributed by atoms with Crippen LogP contribution < -0.4 is 9.75 Å². The Kier molecular flexibility index (Phi) is 4.47. The third-order valence-electron chi connectivity index (χ3n) is 6.66. The number of benzene rings is 2. The lowest BCUT2D eigenvalue weighted by atomic mass is 9.81. The van der Waals surface area contributed by atoms with Crippen LogP contribution in [0.25, 0.3) is 0 Å². The van der Waals surface area contributed by atoms with Crippen LogP contribution in [0.5, 0.6) is 5.75 Å². The Morgan fingerprint density at radius 3 is 2.73 bits per heavy atom. The zero-order valence-corrected chi connectivity index (χ0v) is 16.8. The Hall–Kier alpha value is -3.33. The van der Waals surface area contributed by atoms with Crippen LogP contribution in [0.1, 0.15) is 52.7 Å². The molecule has 2 aliphatic heterocycles. The van der Waals surface area contributed by atoms with Crippen LogP contribution in [0.3, 0.4) is 0 Å². The minimum absolute atomic E-state index is 0.146. The molecule has 0 bridgehead atoms. The molecule has 152 valence electrons. The van der Waals surface area contributed by atoms with Crippen LogP contribution in [-0.4, -0.2) is 29.4 Å². The zero-order chi connectivity index (χ0) is 20.8. The van der Waals surface area contributed by atoms with Crippen LogP contribution in [0.4, 0.5) is 5.69 Å². The number of rotatable bonds is 3. The van der Waals surface area contributed by atoms with E-state index in [1.54, 1.807) is 12.1 Å². The maximum Gasteiger partial charge on any atom is 0.335 e. The minimum atomic E-state index is -0.963. The first-order valence-corrected chi connectivity index (χ1v) is 10.5. The van der Waals surface area contributed by atoms with Crippen molar-refractivity contribution < 1.29 is 14.6 Å². The maximum absolute atomic E-state index is 11.3. The van der Waals surface area contributed by atoms with Gasteiger partial charge in [-0.05, 0) is 67.6 Å². The van der Waals surface area contributed by atoms with Gasteiger partial charge in [-0.15, -0.1) is 0 Å². The third-order valence-corrected chi connectivity index (χ3v) is 6.66. The largest absolute Gasteiger partial charge is 0.492 e. The molecule has 6 heteroatoms. The van der Waals surface area contributed by atoms with Gasteiger partial charge in [0.1, 0.15) is 5.75 Å². The summed E-state index contributed by atoms with van der Waals surface area (Å²) in [7, 11) is 0. The number of hydrogen-bond donors (Lipinski definition) is 1. The second-order valence-corrected chi connectivity index (χ2v) is 8.41. The first kappa shape index (κ1) is 18.7. The molecule has 0 unspecified atom stereocenters. The van der Waals surface area contributed by atoms with E-state index in [1.807, 2.05) is 31.2 Å². The Morgan fingerprint density at radius 1 is 1.23 bits per heavy atom. The second kappa shape index (κ2) is 7.17. The van der Waals surface area contributed by atoms with E-state index < -0.39 is 5.97 Å². The highest BCUT2D eigenvalue weighted by atomic mass is 16.5. The number of nitriles is 1. The molecule has 2 atom stereocenters. The molecule has 3 aliphatic rings. The van der Waals surface area contributed by atoms with Gasteiger partial charge >= 0.3 is 5.97 Å². The summed E-state index contributed by atoms with van der Waals surface area (Å²) in [5.74, 6) is 0.311. The Morgan fingerprint density at radius 2 is 2.03 bits per heavy atom. The monoisotopic (exact) mass is 401 g/mol. The van der Waals surface area contributed by atoms with Crippen LogP contribution in [0.2, 0.25) is 0 Å². The second-order valence-electron chi connectivity index (χ2n) is 8.41. The molecule has 0 spiro atoms. The van der Waals surface area contributed by atoms with Crippen molar-refractivity contribution in [3.63, 3.8) is 0 Å². The Balaban J connectivity index is 1.59. The van der Waals surface area contributed by atoms with Gasteiger partial charge < -0.3 is 9.84 Å². The number of anilines is 1. The van der Waals surface area contributed by atoms with Gasteiger partial charge in [0.15, 0.2) is 0 Å². The van der Waals surface area contributed by atoms with Gasteiger partial charge in [-0.3, -0.25) is 5.01 Å². The number of carboxylic acid groups (broad SMARTS) is 1. The highest BCUT2D eigenvalue weighted by Gasteiger charge is 2.46. The van der Waals surface area contributed by atoms with Gasteiger partial charge in [0.05, 0.1) is 47.2 Å². The molecule has 2 aromatic rings. The smallest absolute Gasteiger partial charge is 0.335 e. The first-order valence-electron chi connectivity index (χ1n) is 10.5. The van der Waals surface area contributed by atoms with Gasteiger partial charge in [0.25, 0.3) is 0 Å². The molecule has 1 aliphatic carbocycles. The van der Waals surface area contributed by atoms with Crippen molar-refractivity contribution in [2.24, 2.45) is 16.9 Å². The molecule has 30 heavy (non-hydrogen) atoms. The van der Waals surface area contributed by atoms with E-state index in [0.29, 0.717) is 23.8 Å². The van der Waals surface area contributed by atoms with Gasteiger partial charge in [-0.1, -0.05) is 12.8 Å². The Bertz CT molecular complexity index is 1100. The summed E-state index contributed by atoms with van der Waals surface area (Å²) in [4.78, 5) is 11.3. The first-order chi connectivity index (χ1) is 14.6. The molecular weight excluding hydrogens is 378 g/mol. The average Bonchev–Trinajstić information content (AvgIpc) is 3.40. The molecule has 0 saturated heterocycles. The van der Waals surface area contributed by atoms with E-state index >= 15 is 0 Å². The fraction of sp³-hybridized carbons (Fsp3) is 0.375. The summed E-state index contributed by atoms with van der Waals surface area (Å²) in [6, 6.07) is 13.4. The number of aryl methyl sites for hydroxylation is 1. The zero-order valence-electron chi connectivity index (χ0n) is 16.8. The van der Waals surface area contributed by atoms with E-state index in [2.05, 4.69) is 11.1 Å². The number of carboxylic acids is 1. The lowest BCUT2D eigenvalue weighted by molar-refractivity contribution is 0.0696. The molecule has 0 aromatic heterocycles. The molecular formula is C24H23N3O3. The number of hydrogen-bond acceptors (Lipinski definition) is 5. The lowest BCUT2D eigenvalue weighted by Gasteiger charge is -2.34. The van der Waals surface area contributed by atoms with Crippen LogP contribution in [0.15, 0.2) is 41.5 Å². The summed E-state index contributed by atoms with van der Waals surface area (Å²) < 4.78 is 6.05. The van der Waals surface area contributed by atoms with Crippen molar-refractivity contribution in [2.75, 3.05) is 11.6 Å². The number of ether oxygens (including phenoxy) is 1. The van der Waals surface area contributed by atoms with Gasteiger partial charge in [0.2, 0.25) is 0 Å². The standard InChI is InChI=1S/C24H23N3O3/c1-14-10-18(8-6-17(14)12-25)27-23(15-4-2-3-5-15)20-13-30-21-11-16(24(28)29)7-9-19(21)22(20)26-27/h6-11,15,20,23H,2-5,13H2,1H3,(H,28,29)/t20-,23+/m1/s1. The lowest BCUT2D eigenvalue weighted by Crippen LogP contribution is -2.43. The molecule has 2 aromatic carbocycles. The van der Waals surface area contributed by atoms with Crippen molar-refractivity contribution in [3.05, 3.63) is 58.7 Å². The predicted octanol–water partition coefficient (Wildman–Crippen LogP) is 4.36. The fourth-order valence-electron chi connectivity index (χ4n) is 5.16. The molecule has 2 heterocycles. The highest BCUT2D eigenvalue weighted by Crippen LogP contribution is 2.44. The number of fused-ring (bicyclic) bond motifs is 3. The van der Waals surface area contributed by atoms with E-state index in [-0.39, 0.29) is 17.5 Å². The molecule has 1 N–H and O–H groups in total. The van der Waals surface area contributed by atoms with E-state index in [0.717, 1.165) is 22.5 Å². The normalized spacial score (nSPS) is 22.7. The van der Waals surface area contributed by atoms with Crippen molar-refractivity contribution >= 4 is 17.4 Å². The summed E-state index contributed by atoms with van der Waals surface area (Å²) in [6.45, 7) is 2.45. The fourth-order valence-corrected chi connectivity index (χ4v) is 5.16. The number of aromatic carboxylic acids is 1. The highest BCUT2D eigenvalue weighted by molar-refractivity contribution is 6.08. The van der Waals surface area contributed by atoms with Crippen molar-refractivity contribution in [3.8, 4) is 11.8 Å². The molecule has 0 radical (unpaired) electrons. The van der Waals surface area contributed by atoms with Crippen molar-refractivity contribution in [1.29, 1.82) is 5.26 Å². The molecule has 1 fully saturated rings. The van der Waals surface area contributed by atoms with Crippen LogP contribution in [0, 0.1) is 30.1 Å². The quantitative estimate of drug-likeness (QED) is 0.826. The summed E-state index contributed by atoms with van der Waals surface area (Å²) in [5, 5.41) is 25.8. The summed E-state index contributed by atoms with van der Waals surface area (Å²) in [6.07, 6.45) is 4.84. The molecule has 6 nitrogen and oxygen atoms in total. The van der Waals surface area contributed by atoms with Gasteiger partial charge in [0, 0.05) is 5.56 Å². The molecule has 1 saturated carbocycles. The number of carbonyl (C=O) groups is 1. The van der Waals surface area contributed by atoms with E-state index in [4.69, 9.17) is 9.84 Å². The maximum atomic E-state index is 11.3. The molecule has 0 amide bonds. The molecule has 5 rings (SSSR count). The number of nitrogens with zero attached hydrogens (tertiary/aromatic N) is 3. The van der Waals surface area contributed by atoms with Gasteiger partial charge in [-0.25, -0.2) is 4.79 Å². The van der Waals surface area contributed by atoms with E-state index in [1.165, 1.54) is 25.7 Å². The van der Waals surface area contributed by atoms with Crippen molar-refractivity contribution in [1.82, 2.24) is 0 Å².